The Balaban J connectivity index is 1.66. The molecule has 1 unspecified atom stereocenters. The lowest BCUT2D eigenvalue weighted by Crippen LogP contribution is -2.31. The lowest BCUT2D eigenvalue weighted by Gasteiger charge is -2.14. The molecule has 3 rings (SSSR count). The van der Waals surface area contributed by atoms with Gasteiger partial charge < -0.3 is 10.4 Å². The Morgan fingerprint density at radius 2 is 1.80 bits per heavy atom. The number of rotatable bonds is 6. The van der Waals surface area contributed by atoms with Crippen LogP contribution >= 0.6 is 0 Å². The molecule has 2 aromatic carbocycles. The smallest absolute Gasteiger partial charge is 0.312 e. The van der Waals surface area contributed by atoms with Crippen molar-refractivity contribution in [3.63, 3.8) is 0 Å². The maximum atomic E-state index is 12.3. The summed E-state index contributed by atoms with van der Waals surface area (Å²) in [7, 11) is 0. The van der Waals surface area contributed by atoms with E-state index >= 15 is 0 Å². The van der Waals surface area contributed by atoms with E-state index in [2.05, 4.69) is 15.6 Å². The summed E-state index contributed by atoms with van der Waals surface area (Å²) in [6, 6.07) is 15.6. The number of hydrogen-bond acceptors (Lipinski definition) is 4. The molecule has 0 aliphatic heterocycles. The molecule has 3 aromatic rings. The zero-order valence-electron chi connectivity index (χ0n) is 13.2. The second kappa shape index (κ2) is 7.39. The van der Waals surface area contributed by atoms with Gasteiger partial charge in [-0.3, -0.25) is 9.59 Å². The lowest BCUT2D eigenvalue weighted by molar-refractivity contribution is -0.138. The van der Waals surface area contributed by atoms with Crippen LogP contribution in [-0.4, -0.2) is 38.5 Å². The molecule has 0 radical (unpaired) electrons. The Bertz CT molecular complexity index is 846. The fourth-order valence-electron chi connectivity index (χ4n) is 2.44. The average Bonchev–Trinajstić information content (AvgIpc) is 3.17. The summed E-state index contributed by atoms with van der Waals surface area (Å²) in [5, 5.41) is 19.7. The van der Waals surface area contributed by atoms with E-state index in [0.29, 0.717) is 11.1 Å². The highest BCUT2D eigenvalue weighted by molar-refractivity contribution is 5.94. The van der Waals surface area contributed by atoms with E-state index in [1.54, 1.807) is 65.6 Å². The molecule has 1 aromatic heterocycles. The molecule has 1 atom stereocenters. The number of nitrogens with zero attached hydrogens (tertiary/aromatic N) is 3. The Kier molecular flexibility index (Phi) is 4.84. The maximum Gasteiger partial charge on any atom is 0.312 e. The molecule has 1 heterocycles. The second-order valence-electron chi connectivity index (χ2n) is 5.41. The van der Waals surface area contributed by atoms with Crippen molar-refractivity contribution < 1.29 is 14.7 Å². The molecule has 0 fully saturated rings. The van der Waals surface area contributed by atoms with Crippen LogP contribution in [0.15, 0.2) is 67.0 Å². The van der Waals surface area contributed by atoms with Gasteiger partial charge in [-0.2, -0.15) is 0 Å². The zero-order chi connectivity index (χ0) is 17.6. The van der Waals surface area contributed by atoms with Crippen LogP contribution in [0.4, 0.5) is 0 Å². The molecular formula is C18H16N4O3. The van der Waals surface area contributed by atoms with Crippen molar-refractivity contribution in [1.82, 2.24) is 20.3 Å². The van der Waals surface area contributed by atoms with Gasteiger partial charge in [0.05, 0.1) is 24.0 Å². The summed E-state index contributed by atoms with van der Waals surface area (Å²) >= 11 is 0. The van der Waals surface area contributed by atoms with Crippen molar-refractivity contribution in [1.29, 1.82) is 0 Å². The third-order valence-electron chi connectivity index (χ3n) is 3.78. The van der Waals surface area contributed by atoms with E-state index in [1.807, 2.05) is 6.07 Å². The number of carboxylic acid groups (broad SMARTS) is 1. The Labute approximate surface area is 143 Å². The van der Waals surface area contributed by atoms with Gasteiger partial charge in [-0.25, -0.2) is 4.68 Å². The first-order valence-electron chi connectivity index (χ1n) is 7.68. The summed E-state index contributed by atoms with van der Waals surface area (Å²) in [5.41, 5.74) is 1.87. The van der Waals surface area contributed by atoms with Crippen molar-refractivity contribution in [2.45, 2.75) is 5.92 Å². The predicted molar refractivity (Wildman–Crippen MR) is 90.5 cm³/mol. The number of hydrogen-bond donors (Lipinski definition) is 2. The summed E-state index contributed by atoms with van der Waals surface area (Å²) < 4.78 is 1.58. The molecule has 0 spiro atoms. The molecule has 0 aliphatic carbocycles. The lowest BCUT2D eigenvalue weighted by atomic mass is 9.99. The van der Waals surface area contributed by atoms with Crippen molar-refractivity contribution in [3.8, 4) is 5.69 Å². The molecular weight excluding hydrogens is 320 g/mol. The fourth-order valence-corrected chi connectivity index (χ4v) is 2.44. The first kappa shape index (κ1) is 16.4. The van der Waals surface area contributed by atoms with Crippen molar-refractivity contribution in [2.24, 2.45) is 0 Å². The largest absolute Gasteiger partial charge is 0.481 e. The molecule has 7 heteroatoms. The van der Waals surface area contributed by atoms with Crippen molar-refractivity contribution in [3.05, 3.63) is 78.1 Å². The van der Waals surface area contributed by atoms with Crippen molar-refractivity contribution in [2.75, 3.05) is 6.54 Å². The van der Waals surface area contributed by atoms with E-state index in [0.717, 1.165) is 5.69 Å². The number of benzene rings is 2. The summed E-state index contributed by atoms with van der Waals surface area (Å²) in [4.78, 5) is 23.7. The molecule has 2 N–H and O–H groups in total. The third-order valence-corrected chi connectivity index (χ3v) is 3.78. The zero-order valence-corrected chi connectivity index (χ0v) is 13.2. The van der Waals surface area contributed by atoms with Crippen LogP contribution in [0.5, 0.6) is 0 Å². The molecule has 0 bridgehead atoms. The Morgan fingerprint density at radius 3 is 2.40 bits per heavy atom. The number of carboxylic acids is 1. The fraction of sp³-hybridized carbons (Fsp3) is 0.111. The molecule has 0 saturated carbocycles. The van der Waals surface area contributed by atoms with Gasteiger partial charge in [0, 0.05) is 12.1 Å². The van der Waals surface area contributed by atoms with Gasteiger partial charge >= 0.3 is 5.97 Å². The normalized spacial score (nSPS) is 11.7. The van der Waals surface area contributed by atoms with Gasteiger partial charge in [0.25, 0.3) is 5.91 Å². The van der Waals surface area contributed by atoms with Gasteiger partial charge in [0.2, 0.25) is 0 Å². The van der Waals surface area contributed by atoms with Crippen LogP contribution in [0.25, 0.3) is 5.69 Å². The third kappa shape index (κ3) is 3.89. The van der Waals surface area contributed by atoms with Gasteiger partial charge in [-0.15, -0.1) is 5.10 Å². The minimum atomic E-state index is -0.979. The second-order valence-corrected chi connectivity index (χ2v) is 5.41. The van der Waals surface area contributed by atoms with Gasteiger partial charge in [0.1, 0.15) is 0 Å². The van der Waals surface area contributed by atoms with Crippen LogP contribution in [-0.2, 0) is 4.79 Å². The Morgan fingerprint density at radius 1 is 1.08 bits per heavy atom. The number of aliphatic carboxylic acids is 1. The van der Waals surface area contributed by atoms with Gasteiger partial charge in [0.15, 0.2) is 0 Å². The van der Waals surface area contributed by atoms with Crippen molar-refractivity contribution >= 4 is 11.9 Å². The monoisotopic (exact) mass is 336 g/mol. The van der Waals surface area contributed by atoms with Gasteiger partial charge in [-0.1, -0.05) is 35.5 Å². The highest BCUT2D eigenvalue weighted by Gasteiger charge is 2.20. The molecule has 126 valence electrons. The van der Waals surface area contributed by atoms with Crippen LogP contribution < -0.4 is 5.32 Å². The first-order chi connectivity index (χ1) is 12.1. The number of carbonyl (C=O) groups excluding carboxylic acids is 1. The Hall–Kier alpha value is -3.48. The predicted octanol–water partition coefficient (Wildman–Crippen LogP) is 1.87. The molecule has 0 aliphatic rings. The number of aromatic nitrogens is 3. The SMILES string of the molecule is O=C(NCC(C(=O)O)c1ccccc1)c1ccc(-n2ccnn2)cc1. The minimum absolute atomic E-state index is 0.0169. The van der Waals surface area contributed by atoms with E-state index in [9.17, 15) is 14.7 Å². The van der Waals surface area contributed by atoms with Gasteiger partial charge in [-0.05, 0) is 29.8 Å². The van der Waals surface area contributed by atoms with E-state index in [-0.39, 0.29) is 12.5 Å². The topological polar surface area (TPSA) is 97.1 Å². The average molecular weight is 336 g/mol. The van der Waals surface area contributed by atoms with Crippen LogP contribution in [0.3, 0.4) is 0 Å². The molecule has 1 amide bonds. The molecule has 25 heavy (non-hydrogen) atoms. The number of nitrogens with one attached hydrogen (secondary N) is 1. The summed E-state index contributed by atoms with van der Waals surface area (Å²) in [5.74, 6) is -2.10. The minimum Gasteiger partial charge on any atom is -0.481 e. The highest BCUT2D eigenvalue weighted by Crippen LogP contribution is 2.15. The van der Waals surface area contributed by atoms with Crippen LogP contribution in [0.2, 0.25) is 0 Å². The van der Waals surface area contributed by atoms with E-state index < -0.39 is 11.9 Å². The van der Waals surface area contributed by atoms with E-state index in [4.69, 9.17) is 0 Å². The van der Waals surface area contributed by atoms with E-state index in [1.165, 1.54) is 0 Å². The molecule has 0 saturated heterocycles. The summed E-state index contributed by atoms with van der Waals surface area (Å²) in [6.07, 6.45) is 3.27. The maximum absolute atomic E-state index is 12.3. The van der Waals surface area contributed by atoms with Crippen LogP contribution in [0.1, 0.15) is 21.8 Å². The summed E-state index contributed by atoms with van der Waals surface area (Å²) in [6.45, 7) is 0.0169. The van der Waals surface area contributed by atoms with Crippen LogP contribution in [0, 0.1) is 0 Å². The quantitative estimate of drug-likeness (QED) is 0.716. The number of amides is 1. The number of carbonyl (C=O) groups is 2. The standard InChI is InChI=1S/C18H16N4O3/c23-17(14-6-8-15(9-7-14)22-11-10-20-21-22)19-12-16(18(24)25)13-4-2-1-3-5-13/h1-11,16H,12H2,(H,19,23)(H,24,25). The molecule has 7 nitrogen and oxygen atoms in total. The highest BCUT2D eigenvalue weighted by atomic mass is 16.4. The first-order valence-corrected chi connectivity index (χ1v) is 7.68.